The van der Waals surface area contributed by atoms with E-state index < -0.39 is 5.41 Å². The second-order valence-electron chi connectivity index (χ2n) is 5.93. The maximum absolute atomic E-state index is 13.2. The summed E-state index contributed by atoms with van der Waals surface area (Å²) in [5, 5.41) is 1.98. The van der Waals surface area contributed by atoms with Gasteiger partial charge in [0.05, 0.1) is 11.1 Å². The lowest BCUT2D eigenvalue weighted by atomic mass is 9.75. The van der Waals surface area contributed by atoms with Gasteiger partial charge >= 0.3 is 0 Å². The van der Waals surface area contributed by atoms with Gasteiger partial charge in [-0.1, -0.05) is 66.3 Å². The van der Waals surface area contributed by atoms with Crippen LogP contribution in [0.1, 0.15) is 24.2 Å². The predicted octanol–water partition coefficient (Wildman–Crippen LogP) is 5.21. The maximum Gasteiger partial charge on any atom is 0.174 e. The molecule has 0 aliphatic heterocycles. The second-order valence-corrected chi connectivity index (χ2v) is 6.70. The van der Waals surface area contributed by atoms with Crippen molar-refractivity contribution in [3.8, 4) is 0 Å². The van der Waals surface area contributed by atoms with Crippen molar-refractivity contribution in [2.75, 3.05) is 0 Å². The molecule has 2 unspecified atom stereocenters. The summed E-state index contributed by atoms with van der Waals surface area (Å²) in [6.45, 7) is 3.82. The van der Waals surface area contributed by atoms with Gasteiger partial charge in [0.15, 0.2) is 14.2 Å². The van der Waals surface area contributed by atoms with E-state index in [0.717, 1.165) is 16.3 Å². The lowest BCUT2D eigenvalue weighted by Gasteiger charge is -2.31. The molecule has 0 saturated carbocycles. The summed E-state index contributed by atoms with van der Waals surface area (Å²) in [5.41, 5.74) is 0.611. The molecule has 110 valence electrons. The van der Waals surface area contributed by atoms with Gasteiger partial charge in [0.25, 0.3) is 0 Å². The molecule has 0 bridgehead atoms. The zero-order valence-electron chi connectivity index (χ0n) is 12.6. The van der Waals surface area contributed by atoms with Gasteiger partial charge in [0.1, 0.15) is 0 Å². The Bertz CT molecular complexity index is 814. The summed E-state index contributed by atoms with van der Waals surface area (Å²) >= 11 is 0. The first-order valence-corrected chi connectivity index (χ1v) is 8.17. The van der Waals surface area contributed by atoms with Gasteiger partial charge < -0.3 is 0 Å². The molecule has 0 fully saturated rings. The summed E-state index contributed by atoms with van der Waals surface area (Å²) in [7, 11) is -0.0266. The Morgan fingerprint density at radius 2 is 1.86 bits per heavy atom. The molecule has 2 nitrogen and oxygen atoms in total. The summed E-state index contributed by atoms with van der Waals surface area (Å²) in [5.74, 6) is 0.0117. The van der Waals surface area contributed by atoms with Crippen LogP contribution in [0.25, 0.3) is 10.8 Å². The molecule has 0 N–H and O–H groups in total. The van der Waals surface area contributed by atoms with Crippen LogP contribution >= 0.6 is 8.46 Å². The first kappa shape index (κ1) is 14.9. The van der Waals surface area contributed by atoms with Crippen molar-refractivity contribution in [1.82, 2.24) is 0 Å². The highest BCUT2D eigenvalue weighted by molar-refractivity contribution is 7.25. The lowest BCUT2D eigenvalue weighted by Crippen LogP contribution is -2.36. The van der Waals surface area contributed by atoms with Gasteiger partial charge in [-0.15, -0.1) is 0 Å². The molecule has 3 rings (SSSR count). The fourth-order valence-corrected chi connectivity index (χ4v) is 3.66. The Labute approximate surface area is 131 Å². The Morgan fingerprint density at radius 3 is 2.64 bits per heavy atom. The van der Waals surface area contributed by atoms with Crippen LogP contribution in [0.15, 0.2) is 66.3 Å². The van der Waals surface area contributed by atoms with Crippen molar-refractivity contribution in [3.05, 3.63) is 71.8 Å². The SMILES string of the molecule is CC1=CC(P=O)C(C)(C(=O)c2cccc3ccccc23)C=C1. The molecule has 2 aromatic rings. The van der Waals surface area contributed by atoms with Gasteiger partial charge in [-0.25, -0.2) is 0 Å². The van der Waals surface area contributed by atoms with E-state index in [1.807, 2.05) is 74.5 Å². The highest BCUT2D eigenvalue weighted by Crippen LogP contribution is 2.40. The number of carbonyl (C=O) groups excluding carboxylic acids is 1. The normalized spacial score (nSPS) is 24.5. The third kappa shape index (κ3) is 2.34. The minimum Gasteiger partial charge on any atom is -0.293 e. The molecule has 2 atom stereocenters. The van der Waals surface area contributed by atoms with E-state index in [1.54, 1.807) is 0 Å². The van der Waals surface area contributed by atoms with E-state index in [9.17, 15) is 9.36 Å². The van der Waals surface area contributed by atoms with E-state index in [2.05, 4.69) is 0 Å². The number of fused-ring (bicyclic) bond motifs is 1. The molecule has 0 saturated heterocycles. The third-order valence-electron chi connectivity index (χ3n) is 4.36. The van der Waals surface area contributed by atoms with Crippen LogP contribution in [0.2, 0.25) is 0 Å². The van der Waals surface area contributed by atoms with Crippen molar-refractivity contribution in [3.63, 3.8) is 0 Å². The van der Waals surface area contributed by atoms with Crippen LogP contribution in [0, 0.1) is 5.41 Å². The Hall–Kier alpha value is -2.05. The van der Waals surface area contributed by atoms with Gasteiger partial charge in [-0.3, -0.25) is 9.36 Å². The summed E-state index contributed by atoms with van der Waals surface area (Å²) < 4.78 is 11.6. The first-order chi connectivity index (χ1) is 10.6. The molecule has 0 spiro atoms. The highest BCUT2D eigenvalue weighted by atomic mass is 31.1. The van der Waals surface area contributed by atoms with Crippen LogP contribution < -0.4 is 0 Å². The standard InChI is InChI=1S/C19H17O2P/c1-13-10-11-19(2,17(12-13)22-21)18(20)16-9-5-7-14-6-3-4-8-15(14)16/h3-12,17H,1-2H3. The number of Topliss-reactive ketones (excluding diaryl/α,β-unsaturated/α-hetero) is 1. The first-order valence-electron chi connectivity index (χ1n) is 7.29. The second kappa shape index (κ2) is 5.62. The summed E-state index contributed by atoms with van der Waals surface area (Å²) in [4.78, 5) is 13.2. The van der Waals surface area contributed by atoms with Crippen LogP contribution in [0.3, 0.4) is 0 Å². The number of hydrogen-bond acceptors (Lipinski definition) is 2. The molecule has 2 aromatic carbocycles. The fraction of sp³-hybridized carbons (Fsp3) is 0.211. The number of rotatable bonds is 3. The Balaban J connectivity index is 2.13. The molecule has 0 amide bonds. The number of ketones is 1. The molecule has 1 aliphatic carbocycles. The summed E-state index contributed by atoms with van der Waals surface area (Å²) in [6.07, 6.45) is 5.74. The Morgan fingerprint density at radius 1 is 1.14 bits per heavy atom. The van der Waals surface area contributed by atoms with Gasteiger partial charge in [-0.05, 0) is 24.6 Å². The minimum atomic E-state index is -0.785. The van der Waals surface area contributed by atoms with Crippen molar-refractivity contribution < 1.29 is 9.36 Å². The average Bonchev–Trinajstić information content (AvgIpc) is 2.56. The van der Waals surface area contributed by atoms with E-state index >= 15 is 0 Å². The monoisotopic (exact) mass is 308 g/mol. The fourth-order valence-electron chi connectivity index (χ4n) is 2.94. The molecular formula is C19H17O2P. The van der Waals surface area contributed by atoms with Crippen molar-refractivity contribution in [2.24, 2.45) is 5.41 Å². The predicted molar refractivity (Wildman–Crippen MR) is 90.7 cm³/mol. The molecule has 0 radical (unpaired) electrons. The highest BCUT2D eigenvalue weighted by Gasteiger charge is 2.41. The van der Waals surface area contributed by atoms with E-state index in [0.29, 0.717) is 5.56 Å². The van der Waals surface area contributed by atoms with E-state index in [1.165, 1.54) is 0 Å². The van der Waals surface area contributed by atoms with Crippen LogP contribution in [-0.4, -0.2) is 11.4 Å². The van der Waals surface area contributed by atoms with E-state index in [4.69, 9.17) is 0 Å². The lowest BCUT2D eigenvalue weighted by molar-refractivity contribution is 0.0875. The largest absolute Gasteiger partial charge is 0.293 e. The zero-order valence-corrected chi connectivity index (χ0v) is 13.5. The number of carbonyl (C=O) groups is 1. The number of benzene rings is 2. The smallest absolute Gasteiger partial charge is 0.174 e. The number of hydrogen-bond donors (Lipinski definition) is 0. The van der Waals surface area contributed by atoms with Gasteiger partial charge in [0.2, 0.25) is 0 Å². The molecule has 1 aliphatic rings. The van der Waals surface area contributed by atoms with Gasteiger partial charge in [-0.2, -0.15) is 0 Å². The van der Waals surface area contributed by atoms with Crippen molar-refractivity contribution >= 4 is 25.0 Å². The van der Waals surface area contributed by atoms with Crippen LogP contribution in [0.5, 0.6) is 0 Å². The van der Waals surface area contributed by atoms with Crippen molar-refractivity contribution in [1.29, 1.82) is 0 Å². The Kier molecular flexibility index (Phi) is 3.80. The van der Waals surface area contributed by atoms with E-state index in [-0.39, 0.29) is 19.9 Å². The van der Waals surface area contributed by atoms with Crippen LogP contribution in [-0.2, 0) is 4.57 Å². The maximum atomic E-state index is 13.2. The zero-order chi connectivity index (χ0) is 15.7. The number of allylic oxidation sites excluding steroid dienone is 4. The average molecular weight is 308 g/mol. The van der Waals surface area contributed by atoms with Crippen LogP contribution in [0.4, 0.5) is 0 Å². The summed E-state index contributed by atoms with van der Waals surface area (Å²) in [6, 6.07) is 13.6. The van der Waals surface area contributed by atoms with Crippen molar-refractivity contribution in [2.45, 2.75) is 19.5 Å². The molecular weight excluding hydrogens is 291 g/mol. The molecule has 0 aromatic heterocycles. The quantitative estimate of drug-likeness (QED) is 0.576. The minimum absolute atomic E-state index is 0.0117. The third-order valence-corrected chi connectivity index (χ3v) is 5.28. The molecule has 0 heterocycles. The molecule has 3 heteroatoms. The molecule has 22 heavy (non-hydrogen) atoms. The van der Waals surface area contributed by atoms with Gasteiger partial charge in [0, 0.05) is 5.56 Å². The topological polar surface area (TPSA) is 34.1 Å².